The van der Waals surface area contributed by atoms with Gasteiger partial charge < -0.3 is 15.1 Å². The van der Waals surface area contributed by atoms with Crippen molar-refractivity contribution in [2.45, 2.75) is 6.42 Å². The van der Waals surface area contributed by atoms with Crippen molar-refractivity contribution in [2.75, 3.05) is 0 Å². The van der Waals surface area contributed by atoms with Gasteiger partial charge in [-0.2, -0.15) is 0 Å². The highest BCUT2D eigenvalue weighted by molar-refractivity contribution is 5.96. The van der Waals surface area contributed by atoms with E-state index in [9.17, 15) is 20.0 Å². The number of nitro groups is 1. The van der Waals surface area contributed by atoms with E-state index in [0.29, 0.717) is 10.9 Å². The molecular weight excluding hydrogens is 350 g/mol. The zero-order valence-corrected chi connectivity index (χ0v) is 13.8. The number of aromatic hydroxyl groups is 1. The second-order valence-electron chi connectivity index (χ2n) is 5.94. The summed E-state index contributed by atoms with van der Waals surface area (Å²) in [6.07, 6.45) is 1.78. The molecule has 2 aromatic carbocycles. The molecule has 0 fully saturated rings. The molecule has 134 valence electrons. The normalized spacial score (nSPS) is 11.6. The molecule has 9 heteroatoms. The molecule has 0 radical (unpaired) electrons. The number of nitro benzene ring substituents is 1. The highest BCUT2D eigenvalue weighted by Crippen LogP contribution is 2.37. The number of carbonyl (C=O) groups is 1. The number of non-ortho nitro benzene ring substituents is 1. The number of para-hydroxylation sites is 1. The lowest BCUT2D eigenvalue weighted by molar-refractivity contribution is -0.384. The Hall–Kier alpha value is -4.01. The van der Waals surface area contributed by atoms with Crippen LogP contribution in [0.15, 0.2) is 58.9 Å². The molecule has 0 bridgehead atoms. The number of benzene rings is 2. The maximum absolute atomic E-state index is 12.2. The Morgan fingerprint density at radius 1 is 1.15 bits per heavy atom. The van der Waals surface area contributed by atoms with Gasteiger partial charge >= 0.3 is 0 Å². The fraction of sp³-hybridized carbons (Fsp3) is 0.0556. The molecule has 0 aliphatic carbocycles. The summed E-state index contributed by atoms with van der Waals surface area (Å²) in [6.45, 7) is 0. The standard InChI is InChI=1S/C18H13N5O4/c24-16(7-10-9-19-14-4-2-1-3-12(10)14)21-22-17-13-8-11(23(26)27)5-6-15(13)20-18(17)25/h1-6,8-9,19-20,25H,7H2. The highest BCUT2D eigenvalue weighted by Gasteiger charge is 2.15. The van der Waals surface area contributed by atoms with Gasteiger partial charge in [0.1, 0.15) is 0 Å². The van der Waals surface area contributed by atoms with Crippen LogP contribution in [0.3, 0.4) is 0 Å². The van der Waals surface area contributed by atoms with Crippen LogP contribution < -0.4 is 0 Å². The quantitative estimate of drug-likeness (QED) is 0.285. The molecule has 0 unspecified atom stereocenters. The lowest BCUT2D eigenvalue weighted by Gasteiger charge is -1.95. The molecule has 9 nitrogen and oxygen atoms in total. The Bertz CT molecular complexity index is 1220. The predicted molar refractivity (Wildman–Crippen MR) is 98.1 cm³/mol. The van der Waals surface area contributed by atoms with Crippen molar-refractivity contribution in [3.8, 4) is 5.88 Å². The number of rotatable bonds is 4. The SMILES string of the molecule is O=C(Cc1c[nH]c2ccccc12)N=Nc1c(O)[nH]c2ccc([N+](=O)[O-])cc12. The molecule has 1 amide bonds. The summed E-state index contributed by atoms with van der Waals surface area (Å²) >= 11 is 0. The van der Waals surface area contributed by atoms with E-state index >= 15 is 0 Å². The van der Waals surface area contributed by atoms with Crippen LogP contribution in [0.25, 0.3) is 21.8 Å². The van der Waals surface area contributed by atoms with Crippen LogP contribution in [0.4, 0.5) is 11.4 Å². The summed E-state index contributed by atoms with van der Waals surface area (Å²) in [5, 5.41) is 29.6. The summed E-state index contributed by atoms with van der Waals surface area (Å²) in [4.78, 5) is 28.3. The van der Waals surface area contributed by atoms with Gasteiger partial charge in [0, 0.05) is 34.6 Å². The number of H-pyrrole nitrogens is 2. The fourth-order valence-electron chi connectivity index (χ4n) is 2.95. The van der Waals surface area contributed by atoms with Gasteiger partial charge in [0.2, 0.25) is 5.88 Å². The minimum Gasteiger partial charge on any atom is -0.493 e. The van der Waals surface area contributed by atoms with Gasteiger partial charge in [0.05, 0.1) is 16.9 Å². The summed E-state index contributed by atoms with van der Waals surface area (Å²) in [7, 11) is 0. The van der Waals surface area contributed by atoms with Crippen LogP contribution in [0.2, 0.25) is 0 Å². The molecule has 2 aromatic heterocycles. The number of nitrogens with zero attached hydrogens (tertiary/aromatic N) is 3. The molecule has 0 spiro atoms. The third-order valence-electron chi connectivity index (χ3n) is 4.22. The van der Waals surface area contributed by atoms with Crippen molar-refractivity contribution in [3.63, 3.8) is 0 Å². The number of hydrogen-bond donors (Lipinski definition) is 3. The van der Waals surface area contributed by atoms with Gasteiger partial charge in [0.25, 0.3) is 11.6 Å². The van der Waals surface area contributed by atoms with E-state index in [1.54, 1.807) is 6.20 Å². The first kappa shape index (κ1) is 16.5. The predicted octanol–water partition coefficient (Wildman–Crippen LogP) is 4.12. The Morgan fingerprint density at radius 2 is 1.96 bits per heavy atom. The van der Waals surface area contributed by atoms with Crippen molar-refractivity contribution in [3.05, 3.63) is 64.3 Å². The Labute approximate surface area is 151 Å². The smallest absolute Gasteiger partial charge is 0.270 e. The lowest BCUT2D eigenvalue weighted by atomic mass is 10.1. The Kier molecular flexibility index (Phi) is 3.88. The van der Waals surface area contributed by atoms with Gasteiger partial charge in [-0.25, -0.2) is 0 Å². The number of aromatic amines is 2. The van der Waals surface area contributed by atoms with Gasteiger partial charge in [-0.3, -0.25) is 14.9 Å². The number of carbonyl (C=O) groups excluding carboxylic acids is 1. The second kappa shape index (κ2) is 6.37. The molecule has 0 aliphatic rings. The summed E-state index contributed by atoms with van der Waals surface area (Å²) in [5.41, 5.74) is 1.99. The van der Waals surface area contributed by atoms with Crippen molar-refractivity contribution in [1.29, 1.82) is 0 Å². The third-order valence-corrected chi connectivity index (χ3v) is 4.22. The molecule has 4 rings (SSSR count). The van der Waals surface area contributed by atoms with Crippen LogP contribution >= 0.6 is 0 Å². The largest absolute Gasteiger partial charge is 0.493 e. The van der Waals surface area contributed by atoms with Crippen LogP contribution in [0, 0.1) is 10.1 Å². The van der Waals surface area contributed by atoms with E-state index in [2.05, 4.69) is 20.2 Å². The zero-order chi connectivity index (χ0) is 19.0. The second-order valence-corrected chi connectivity index (χ2v) is 5.94. The summed E-state index contributed by atoms with van der Waals surface area (Å²) in [6, 6.07) is 11.6. The number of azo groups is 1. The number of fused-ring (bicyclic) bond motifs is 2. The summed E-state index contributed by atoms with van der Waals surface area (Å²) in [5.74, 6) is -0.812. The third kappa shape index (κ3) is 3.01. The van der Waals surface area contributed by atoms with Crippen molar-refractivity contribution < 1.29 is 14.8 Å². The zero-order valence-electron chi connectivity index (χ0n) is 13.8. The van der Waals surface area contributed by atoms with Crippen LogP contribution in [-0.2, 0) is 11.2 Å². The maximum Gasteiger partial charge on any atom is 0.270 e. The summed E-state index contributed by atoms with van der Waals surface area (Å²) < 4.78 is 0. The molecule has 3 N–H and O–H groups in total. The van der Waals surface area contributed by atoms with Crippen molar-refractivity contribution in [1.82, 2.24) is 9.97 Å². The van der Waals surface area contributed by atoms with Crippen molar-refractivity contribution in [2.24, 2.45) is 10.2 Å². The molecule has 27 heavy (non-hydrogen) atoms. The monoisotopic (exact) mass is 363 g/mol. The first-order valence-corrected chi connectivity index (χ1v) is 8.01. The number of amides is 1. The average molecular weight is 363 g/mol. The van der Waals surface area contributed by atoms with Crippen LogP contribution in [0.1, 0.15) is 5.56 Å². The minimum atomic E-state index is -0.549. The van der Waals surface area contributed by atoms with E-state index in [-0.39, 0.29) is 23.7 Å². The molecule has 0 saturated carbocycles. The lowest BCUT2D eigenvalue weighted by Crippen LogP contribution is -1.96. The average Bonchev–Trinajstić information content (AvgIpc) is 3.20. The maximum atomic E-state index is 12.2. The van der Waals surface area contributed by atoms with Gasteiger partial charge in [-0.1, -0.05) is 18.2 Å². The Morgan fingerprint density at radius 3 is 2.78 bits per heavy atom. The fourth-order valence-corrected chi connectivity index (χ4v) is 2.95. The molecule has 4 aromatic rings. The van der Waals surface area contributed by atoms with E-state index in [1.807, 2.05) is 24.3 Å². The van der Waals surface area contributed by atoms with Gasteiger partial charge in [-0.15, -0.1) is 10.2 Å². The molecule has 2 heterocycles. The van der Waals surface area contributed by atoms with E-state index in [0.717, 1.165) is 16.5 Å². The molecule has 0 aliphatic heterocycles. The van der Waals surface area contributed by atoms with Crippen LogP contribution in [0.5, 0.6) is 5.88 Å². The molecule has 0 saturated heterocycles. The first-order valence-electron chi connectivity index (χ1n) is 8.01. The Balaban J connectivity index is 1.62. The molecular formula is C18H13N5O4. The first-order chi connectivity index (χ1) is 13.0. The van der Waals surface area contributed by atoms with Crippen molar-refractivity contribution >= 4 is 39.1 Å². The molecule has 0 atom stereocenters. The topological polar surface area (TPSA) is 137 Å². The number of nitrogens with one attached hydrogen (secondary N) is 2. The number of aromatic nitrogens is 2. The van der Waals surface area contributed by atoms with Crippen LogP contribution in [-0.4, -0.2) is 25.9 Å². The van der Waals surface area contributed by atoms with Gasteiger partial charge in [-0.05, 0) is 17.7 Å². The minimum absolute atomic E-state index is 0.0130. The number of hydrogen-bond acceptors (Lipinski definition) is 5. The van der Waals surface area contributed by atoms with E-state index in [4.69, 9.17) is 0 Å². The van der Waals surface area contributed by atoms with Gasteiger partial charge in [0.15, 0.2) is 5.69 Å². The van der Waals surface area contributed by atoms with E-state index < -0.39 is 10.8 Å². The highest BCUT2D eigenvalue weighted by atomic mass is 16.6. The van der Waals surface area contributed by atoms with E-state index in [1.165, 1.54) is 18.2 Å².